The number of carbonyl (C=O) groups is 2. The fraction of sp³-hybridized carbons (Fsp3) is 0.167. The third kappa shape index (κ3) is 5.36. The van der Waals surface area contributed by atoms with Crippen molar-refractivity contribution in [2.45, 2.75) is 0 Å². The van der Waals surface area contributed by atoms with E-state index < -0.39 is 11.8 Å². The average molecular weight is 373 g/mol. The van der Waals surface area contributed by atoms with Crippen LogP contribution < -0.4 is 20.2 Å². The molecule has 27 heavy (non-hydrogen) atoms. The zero-order chi connectivity index (χ0) is 19.8. The SMILES string of the molecule is COc1ccc(C(=O)NCC(=O)N/N=C/c2ccc(O)cc2O)cc1OC. The van der Waals surface area contributed by atoms with Gasteiger partial charge in [0.1, 0.15) is 11.5 Å². The Morgan fingerprint density at radius 1 is 1.07 bits per heavy atom. The second kappa shape index (κ2) is 9.09. The summed E-state index contributed by atoms with van der Waals surface area (Å²) in [6.07, 6.45) is 1.21. The number of nitrogens with zero attached hydrogens (tertiary/aromatic N) is 1. The Labute approximate surface area is 155 Å². The average Bonchev–Trinajstić information content (AvgIpc) is 2.67. The zero-order valence-electron chi connectivity index (χ0n) is 14.7. The van der Waals surface area contributed by atoms with Gasteiger partial charge in [-0.05, 0) is 30.3 Å². The van der Waals surface area contributed by atoms with E-state index in [0.717, 1.165) is 6.07 Å². The van der Waals surface area contributed by atoms with E-state index in [0.29, 0.717) is 22.6 Å². The maximum Gasteiger partial charge on any atom is 0.259 e. The maximum absolute atomic E-state index is 12.1. The Kier molecular flexibility index (Phi) is 6.59. The van der Waals surface area contributed by atoms with Crippen molar-refractivity contribution in [3.05, 3.63) is 47.5 Å². The van der Waals surface area contributed by atoms with Gasteiger partial charge in [0.05, 0.1) is 27.0 Å². The molecule has 0 aliphatic carbocycles. The van der Waals surface area contributed by atoms with E-state index in [1.54, 1.807) is 12.1 Å². The molecule has 4 N–H and O–H groups in total. The lowest BCUT2D eigenvalue weighted by Gasteiger charge is -2.09. The number of aromatic hydroxyl groups is 2. The van der Waals surface area contributed by atoms with Crippen molar-refractivity contribution in [3.63, 3.8) is 0 Å². The Morgan fingerprint density at radius 2 is 1.81 bits per heavy atom. The van der Waals surface area contributed by atoms with E-state index in [9.17, 15) is 19.8 Å². The molecule has 0 heterocycles. The van der Waals surface area contributed by atoms with Crippen LogP contribution in [0.3, 0.4) is 0 Å². The molecular formula is C18H19N3O6. The third-order valence-corrected chi connectivity index (χ3v) is 3.46. The smallest absolute Gasteiger partial charge is 0.259 e. The first-order valence-electron chi connectivity index (χ1n) is 7.78. The van der Waals surface area contributed by atoms with Gasteiger partial charge in [0, 0.05) is 17.2 Å². The number of phenolic OH excluding ortho intramolecular Hbond substituents is 2. The number of rotatable bonds is 7. The van der Waals surface area contributed by atoms with Gasteiger partial charge in [-0.15, -0.1) is 0 Å². The standard InChI is InChI=1S/C18H19N3O6/c1-26-15-6-4-11(7-16(15)27-2)18(25)19-10-17(24)21-20-9-12-3-5-13(22)8-14(12)23/h3-9,22-23H,10H2,1-2H3,(H,19,25)(H,21,24)/b20-9+. The molecule has 9 nitrogen and oxygen atoms in total. The van der Waals surface area contributed by atoms with Gasteiger partial charge in [-0.2, -0.15) is 5.10 Å². The number of amides is 2. The Balaban J connectivity index is 1.87. The number of hydrazone groups is 1. The van der Waals surface area contributed by atoms with Gasteiger partial charge >= 0.3 is 0 Å². The fourth-order valence-corrected chi connectivity index (χ4v) is 2.09. The third-order valence-electron chi connectivity index (χ3n) is 3.46. The molecule has 0 atom stereocenters. The van der Waals surface area contributed by atoms with Gasteiger partial charge < -0.3 is 25.0 Å². The van der Waals surface area contributed by atoms with E-state index in [2.05, 4.69) is 15.8 Å². The largest absolute Gasteiger partial charge is 0.508 e. The predicted molar refractivity (Wildman–Crippen MR) is 97.4 cm³/mol. The van der Waals surface area contributed by atoms with Crippen molar-refractivity contribution >= 4 is 18.0 Å². The van der Waals surface area contributed by atoms with Gasteiger partial charge in [0.15, 0.2) is 11.5 Å². The summed E-state index contributed by atoms with van der Waals surface area (Å²) in [5, 5.41) is 24.9. The number of phenols is 2. The monoisotopic (exact) mass is 373 g/mol. The van der Waals surface area contributed by atoms with Crippen molar-refractivity contribution in [3.8, 4) is 23.0 Å². The Hall–Kier alpha value is -3.75. The molecule has 0 aliphatic rings. The second-order valence-electron chi connectivity index (χ2n) is 5.29. The molecule has 2 rings (SSSR count). The summed E-state index contributed by atoms with van der Waals surface area (Å²) in [4.78, 5) is 23.9. The second-order valence-corrected chi connectivity index (χ2v) is 5.29. The quantitative estimate of drug-likeness (QED) is 0.423. The summed E-state index contributed by atoms with van der Waals surface area (Å²) in [6.45, 7) is -0.300. The minimum Gasteiger partial charge on any atom is -0.508 e. The van der Waals surface area contributed by atoms with Crippen molar-refractivity contribution in [2.24, 2.45) is 5.10 Å². The van der Waals surface area contributed by atoms with Crippen LogP contribution in [0.15, 0.2) is 41.5 Å². The summed E-state index contributed by atoms with van der Waals surface area (Å²) in [5.74, 6) is -0.419. The summed E-state index contributed by atoms with van der Waals surface area (Å²) in [5.41, 5.74) is 2.83. The predicted octanol–water partition coefficient (Wildman–Crippen LogP) is 0.995. The van der Waals surface area contributed by atoms with E-state index in [1.165, 1.54) is 38.6 Å². The first-order valence-corrected chi connectivity index (χ1v) is 7.78. The number of ether oxygens (including phenoxy) is 2. The zero-order valence-corrected chi connectivity index (χ0v) is 14.7. The Morgan fingerprint density at radius 3 is 2.48 bits per heavy atom. The van der Waals surface area contributed by atoms with Gasteiger partial charge in [-0.25, -0.2) is 5.43 Å². The molecule has 142 valence electrons. The molecule has 0 bridgehead atoms. The molecule has 0 saturated heterocycles. The lowest BCUT2D eigenvalue weighted by Crippen LogP contribution is -2.34. The van der Waals surface area contributed by atoms with Gasteiger partial charge in [0.25, 0.3) is 11.8 Å². The van der Waals surface area contributed by atoms with Crippen molar-refractivity contribution in [2.75, 3.05) is 20.8 Å². The molecule has 2 aromatic rings. The minimum atomic E-state index is -0.557. The summed E-state index contributed by atoms with van der Waals surface area (Å²) in [7, 11) is 2.94. The molecule has 0 radical (unpaired) electrons. The maximum atomic E-state index is 12.1. The van der Waals surface area contributed by atoms with Crippen LogP contribution in [0.4, 0.5) is 0 Å². The highest BCUT2D eigenvalue weighted by Gasteiger charge is 2.11. The van der Waals surface area contributed by atoms with Gasteiger partial charge in [0.2, 0.25) is 0 Å². The fourth-order valence-electron chi connectivity index (χ4n) is 2.09. The molecule has 2 aromatic carbocycles. The van der Waals surface area contributed by atoms with Crippen LogP contribution in [0.1, 0.15) is 15.9 Å². The van der Waals surface area contributed by atoms with Crippen LogP contribution in [-0.4, -0.2) is 49.0 Å². The van der Waals surface area contributed by atoms with Crippen molar-refractivity contribution < 1.29 is 29.3 Å². The summed E-state index contributed by atoms with van der Waals surface area (Å²) >= 11 is 0. The molecule has 9 heteroatoms. The van der Waals surface area contributed by atoms with Crippen molar-refractivity contribution in [1.82, 2.24) is 10.7 Å². The van der Waals surface area contributed by atoms with E-state index in [4.69, 9.17) is 9.47 Å². The number of methoxy groups -OCH3 is 2. The summed E-state index contributed by atoms with van der Waals surface area (Å²) < 4.78 is 10.2. The lowest BCUT2D eigenvalue weighted by molar-refractivity contribution is -0.120. The van der Waals surface area contributed by atoms with Crippen molar-refractivity contribution in [1.29, 1.82) is 0 Å². The normalized spacial score (nSPS) is 10.4. The molecular weight excluding hydrogens is 354 g/mol. The van der Waals surface area contributed by atoms with Gasteiger partial charge in [-0.3, -0.25) is 9.59 Å². The van der Waals surface area contributed by atoms with Crippen LogP contribution >= 0.6 is 0 Å². The molecule has 0 fully saturated rings. The topological polar surface area (TPSA) is 129 Å². The van der Waals surface area contributed by atoms with Crippen LogP contribution in [0.2, 0.25) is 0 Å². The number of carbonyl (C=O) groups excluding carboxylic acids is 2. The van der Waals surface area contributed by atoms with Crippen LogP contribution in [0.5, 0.6) is 23.0 Å². The number of hydrogen-bond donors (Lipinski definition) is 4. The Bertz CT molecular complexity index is 866. The molecule has 0 saturated carbocycles. The highest BCUT2D eigenvalue weighted by atomic mass is 16.5. The van der Waals surface area contributed by atoms with E-state index in [-0.39, 0.29) is 18.0 Å². The first-order chi connectivity index (χ1) is 12.9. The van der Waals surface area contributed by atoms with Crippen LogP contribution in [0, 0.1) is 0 Å². The van der Waals surface area contributed by atoms with E-state index >= 15 is 0 Å². The highest BCUT2D eigenvalue weighted by molar-refractivity contribution is 5.97. The van der Waals surface area contributed by atoms with Crippen LogP contribution in [-0.2, 0) is 4.79 Å². The molecule has 0 spiro atoms. The molecule has 2 amide bonds. The number of hydrogen-bond acceptors (Lipinski definition) is 7. The minimum absolute atomic E-state index is 0.0911. The summed E-state index contributed by atoms with van der Waals surface area (Å²) in [6, 6.07) is 8.57. The number of nitrogens with one attached hydrogen (secondary N) is 2. The number of benzene rings is 2. The van der Waals surface area contributed by atoms with Gasteiger partial charge in [-0.1, -0.05) is 0 Å². The molecule has 0 unspecified atom stereocenters. The van der Waals surface area contributed by atoms with Crippen LogP contribution in [0.25, 0.3) is 0 Å². The molecule has 0 aliphatic heterocycles. The lowest BCUT2D eigenvalue weighted by atomic mass is 10.2. The highest BCUT2D eigenvalue weighted by Crippen LogP contribution is 2.27. The van der Waals surface area contributed by atoms with E-state index in [1.807, 2.05) is 0 Å². The molecule has 0 aromatic heterocycles. The first kappa shape index (κ1) is 19.6.